The zero-order valence-corrected chi connectivity index (χ0v) is 21.6. The number of hydrogen-bond donors (Lipinski definition) is 0. The number of anilines is 2. The van der Waals surface area contributed by atoms with E-state index in [0.29, 0.717) is 35.1 Å². The maximum atomic E-state index is 12.9. The molecule has 3 heterocycles. The van der Waals surface area contributed by atoms with E-state index < -0.39 is 0 Å². The van der Waals surface area contributed by atoms with E-state index in [9.17, 15) is 14.9 Å². The molecule has 188 valence electrons. The van der Waals surface area contributed by atoms with Crippen LogP contribution in [0.2, 0.25) is 5.02 Å². The van der Waals surface area contributed by atoms with E-state index in [2.05, 4.69) is 34.9 Å². The Kier molecular flexibility index (Phi) is 6.94. The van der Waals surface area contributed by atoms with Crippen molar-refractivity contribution in [2.75, 3.05) is 42.5 Å². The highest BCUT2D eigenvalue weighted by atomic mass is 35.5. The van der Waals surface area contributed by atoms with Crippen LogP contribution in [-0.4, -0.2) is 55.9 Å². The molecule has 1 spiro atoms. The molecule has 0 bridgehead atoms. The lowest BCUT2D eigenvalue weighted by atomic mass is 9.76. The van der Waals surface area contributed by atoms with Crippen molar-refractivity contribution in [3.63, 3.8) is 0 Å². The van der Waals surface area contributed by atoms with Crippen molar-refractivity contribution in [2.45, 2.75) is 45.1 Å². The van der Waals surface area contributed by atoms with Crippen molar-refractivity contribution in [1.29, 1.82) is 5.26 Å². The fraction of sp³-hybridized carbons (Fsp3) is 0.483. The van der Waals surface area contributed by atoms with Gasteiger partial charge in [0.15, 0.2) is 0 Å². The van der Waals surface area contributed by atoms with Crippen LogP contribution in [0.25, 0.3) is 0 Å². The number of hydrogen-bond acceptors (Lipinski definition) is 5. The summed E-state index contributed by atoms with van der Waals surface area (Å²) >= 11 is 6.31. The van der Waals surface area contributed by atoms with Gasteiger partial charge in [-0.05, 0) is 86.9 Å². The Balaban J connectivity index is 1.19. The summed E-state index contributed by atoms with van der Waals surface area (Å²) in [4.78, 5) is 30.6. The average Bonchev–Trinajstić information content (AvgIpc) is 3.24. The molecule has 0 saturated carbocycles. The van der Waals surface area contributed by atoms with Crippen LogP contribution < -0.4 is 9.80 Å². The van der Waals surface area contributed by atoms with Crippen molar-refractivity contribution >= 4 is 35.2 Å². The normalized spacial score (nSPS) is 22.0. The number of aldehydes is 1. The molecule has 3 aliphatic heterocycles. The van der Waals surface area contributed by atoms with Gasteiger partial charge in [0.2, 0.25) is 0 Å². The maximum Gasteiger partial charge on any atom is 0.253 e. The molecule has 0 aliphatic carbocycles. The minimum atomic E-state index is 0.0615. The highest BCUT2D eigenvalue weighted by Crippen LogP contribution is 2.46. The van der Waals surface area contributed by atoms with Crippen LogP contribution in [-0.2, 0) is 4.79 Å². The molecule has 0 N–H and O–H groups in total. The SMILES string of the molecule is CC1CC2(CCN(c3ccc(C(=O)N4CCC(C=O)CC4)cc3)CC2)CN1c1ccc(C#N)c(Cl)c1. The van der Waals surface area contributed by atoms with E-state index >= 15 is 0 Å². The van der Waals surface area contributed by atoms with Crippen LogP contribution in [0.3, 0.4) is 0 Å². The summed E-state index contributed by atoms with van der Waals surface area (Å²) in [6.07, 6.45) is 5.96. The molecule has 2 aromatic rings. The predicted octanol–water partition coefficient (Wildman–Crippen LogP) is 5.15. The quantitative estimate of drug-likeness (QED) is 0.539. The molecule has 6 nitrogen and oxygen atoms in total. The lowest BCUT2D eigenvalue weighted by Crippen LogP contribution is -2.41. The Labute approximate surface area is 218 Å². The minimum Gasteiger partial charge on any atom is -0.371 e. The lowest BCUT2D eigenvalue weighted by molar-refractivity contribution is -0.112. The first-order valence-electron chi connectivity index (χ1n) is 13.0. The zero-order valence-electron chi connectivity index (χ0n) is 20.8. The third kappa shape index (κ3) is 4.82. The van der Waals surface area contributed by atoms with Gasteiger partial charge in [0.05, 0.1) is 10.6 Å². The number of carbonyl (C=O) groups is 2. The van der Waals surface area contributed by atoms with Crippen LogP contribution in [0.15, 0.2) is 42.5 Å². The molecule has 7 heteroatoms. The van der Waals surface area contributed by atoms with E-state index in [1.54, 1.807) is 0 Å². The van der Waals surface area contributed by atoms with Crippen molar-refractivity contribution in [3.8, 4) is 6.07 Å². The molecular weight excluding hydrogens is 472 g/mol. The number of nitrogens with zero attached hydrogens (tertiary/aromatic N) is 4. The van der Waals surface area contributed by atoms with Crippen molar-refractivity contribution < 1.29 is 9.59 Å². The molecule has 1 atom stereocenters. The van der Waals surface area contributed by atoms with Crippen LogP contribution in [0, 0.1) is 22.7 Å². The Morgan fingerprint density at radius 3 is 2.33 bits per heavy atom. The van der Waals surface area contributed by atoms with E-state index in [1.807, 2.05) is 35.2 Å². The van der Waals surface area contributed by atoms with Crippen LogP contribution in [0.1, 0.15) is 54.9 Å². The molecule has 2 aromatic carbocycles. The second-order valence-corrected chi connectivity index (χ2v) is 11.2. The van der Waals surface area contributed by atoms with Gasteiger partial charge in [-0.2, -0.15) is 5.26 Å². The summed E-state index contributed by atoms with van der Waals surface area (Å²) in [5.74, 6) is 0.155. The van der Waals surface area contributed by atoms with E-state index in [1.165, 1.54) is 5.69 Å². The molecule has 0 aromatic heterocycles. The minimum absolute atomic E-state index is 0.0615. The predicted molar refractivity (Wildman–Crippen MR) is 143 cm³/mol. The molecule has 1 unspecified atom stereocenters. The molecule has 1 amide bonds. The van der Waals surface area contributed by atoms with Gasteiger partial charge in [-0.25, -0.2) is 0 Å². The van der Waals surface area contributed by atoms with Crippen LogP contribution in [0.4, 0.5) is 11.4 Å². The number of halogens is 1. The van der Waals surface area contributed by atoms with Crippen molar-refractivity contribution in [2.24, 2.45) is 11.3 Å². The molecule has 36 heavy (non-hydrogen) atoms. The molecule has 0 radical (unpaired) electrons. The smallest absolute Gasteiger partial charge is 0.253 e. The summed E-state index contributed by atoms with van der Waals surface area (Å²) in [6.45, 7) is 6.61. The number of rotatable bonds is 4. The van der Waals surface area contributed by atoms with Gasteiger partial charge in [0, 0.05) is 61.6 Å². The van der Waals surface area contributed by atoms with Crippen LogP contribution >= 0.6 is 11.6 Å². The first-order valence-corrected chi connectivity index (χ1v) is 13.3. The Bertz CT molecular complexity index is 1160. The summed E-state index contributed by atoms with van der Waals surface area (Å²) in [5.41, 5.74) is 3.80. The molecule has 3 fully saturated rings. The zero-order chi connectivity index (χ0) is 25.3. The monoisotopic (exact) mass is 504 g/mol. The van der Waals surface area contributed by atoms with Gasteiger partial charge in [0.1, 0.15) is 12.4 Å². The topological polar surface area (TPSA) is 67.7 Å². The highest BCUT2D eigenvalue weighted by molar-refractivity contribution is 6.32. The number of amides is 1. The standard InChI is InChI=1S/C29H33ClN4O2/c1-21-17-29(20-34(21)26-7-4-24(18-31)27(30)16-26)10-14-32(15-11-29)25-5-2-23(3-6-25)28(36)33-12-8-22(19-35)9-13-33/h2-7,16,19,21-22H,8-15,17,20H2,1H3. The number of carbonyl (C=O) groups excluding carboxylic acids is 2. The average molecular weight is 505 g/mol. The third-order valence-electron chi connectivity index (χ3n) is 8.49. The second kappa shape index (κ2) is 10.1. The second-order valence-electron chi connectivity index (χ2n) is 10.8. The first-order chi connectivity index (χ1) is 17.4. The Morgan fingerprint density at radius 1 is 1.06 bits per heavy atom. The summed E-state index contributed by atoms with van der Waals surface area (Å²) in [5, 5.41) is 9.70. The highest BCUT2D eigenvalue weighted by Gasteiger charge is 2.44. The number of piperidine rings is 2. The Morgan fingerprint density at radius 2 is 1.72 bits per heavy atom. The van der Waals surface area contributed by atoms with Crippen molar-refractivity contribution in [3.05, 3.63) is 58.6 Å². The van der Waals surface area contributed by atoms with Gasteiger partial charge in [-0.15, -0.1) is 0 Å². The molecular formula is C29H33ClN4O2. The summed E-state index contributed by atoms with van der Waals surface area (Å²) in [7, 11) is 0. The first kappa shape index (κ1) is 24.6. The largest absolute Gasteiger partial charge is 0.371 e. The molecule has 3 saturated heterocycles. The van der Waals surface area contributed by atoms with Gasteiger partial charge in [0.25, 0.3) is 5.91 Å². The number of benzene rings is 2. The number of nitriles is 1. The van der Waals surface area contributed by atoms with E-state index in [4.69, 9.17) is 11.6 Å². The fourth-order valence-corrected chi connectivity index (χ4v) is 6.49. The third-order valence-corrected chi connectivity index (χ3v) is 8.81. The van der Waals surface area contributed by atoms with Gasteiger partial charge in [-0.3, -0.25) is 4.79 Å². The van der Waals surface area contributed by atoms with Gasteiger partial charge in [-0.1, -0.05) is 11.6 Å². The molecule has 5 rings (SSSR count). The maximum absolute atomic E-state index is 12.9. The van der Waals surface area contributed by atoms with Crippen LogP contribution in [0.5, 0.6) is 0 Å². The fourth-order valence-electron chi connectivity index (χ4n) is 6.28. The molecule has 3 aliphatic rings. The van der Waals surface area contributed by atoms with Gasteiger partial charge < -0.3 is 19.5 Å². The van der Waals surface area contributed by atoms with E-state index in [0.717, 1.165) is 69.3 Å². The Hall–Kier alpha value is -3.04. The lowest BCUT2D eigenvalue weighted by Gasteiger charge is -2.40. The van der Waals surface area contributed by atoms with E-state index in [-0.39, 0.29) is 11.8 Å². The summed E-state index contributed by atoms with van der Waals surface area (Å²) < 4.78 is 0. The van der Waals surface area contributed by atoms with Gasteiger partial charge >= 0.3 is 0 Å². The van der Waals surface area contributed by atoms with Crippen molar-refractivity contribution in [1.82, 2.24) is 4.90 Å². The summed E-state index contributed by atoms with van der Waals surface area (Å²) in [6, 6.07) is 16.4. The number of likely N-dealkylation sites (tertiary alicyclic amines) is 1.